The molecule has 166 valence electrons. The van der Waals surface area contributed by atoms with Gasteiger partial charge in [0.2, 0.25) is 0 Å². The molecule has 0 aromatic heterocycles. The number of alkyl halides is 6. The molecule has 1 aliphatic rings. The molecule has 2 aromatic carbocycles. The van der Waals surface area contributed by atoms with Crippen molar-refractivity contribution in [1.29, 1.82) is 0 Å². The van der Waals surface area contributed by atoms with Crippen LogP contribution in [-0.2, 0) is 12.4 Å². The molecule has 0 N–H and O–H groups in total. The Bertz CT molecular complexity index is 952. The molecule has 1 heterocycles. The lowest BCUT2D eigenvalue weighted by Crippen LogP contribution is -2.55. The van der Waals surface area contributed by atoms with E-state index in [-0.39, 0.29) is 30.8 Å². The summed E-state index contributed by atoms with van der Waals surface area (Å²) < 4.78 is 76.1. The van der Waals surface area contributed by atoms with Gasteiger partial charge in [0.1, 0.15) is 0 Å². The fourth-order valence-electron chi connectivity index (χ4n) is 3.40. The van der Waals surface area contributed by atoms with Gasteiger partial charge in [-0.25, -0.2) is 0 Å². The van der Waals surface area contributed by atoms with Gasteiger partial charge in [0, 0.05) is 36.8 Å². The molecule has 0 aliphatic carbocycles. The largest absolute Gasteiger partial charge is 0.416 e. The van der Waals surface area contributed by atoms with Crippen molar-refractivity contribution in [2.45, 2.75) is 25.3 Å². The molecule has 0 unspecified atom stereocenters. The minimum atomic E-state index is -4.50. The highest BCUT2D eigenvalue weighted by Crippen LogP contribution is 2.30. The van der Waals surface area contributed by atoms with Gasteiger partial charge in [-0.05, 0) is 55.5 Å². The Morgan fingerprint density at radius 3 is 1.55 bits per heavy atom. The van der Waals surface area contributed by atoms with Crippen LogP contribution in [0.3, 0.4) is 0 Å². The molecule has 0 saturated carbocycles. The summed E-state index contributed by atoms with van der Waals surface area (Å²) in [6.07, 6.45) is -9.00. The number of halogens is 6. The van der Waals surface area contributed by atoms with E-state index in [9.17, 15) is 35.9 Å². The average molecular weight is 444 g/mol. The van der Waals surface area contributed by atoms with Crippen LogP contribution in [0.5, 0.6) is 0 Å². The van der Waals surface area contributed by atoms with Crippen molar-refractivity contribution in [3.8, 4) is 0 Å². The summed E-state index contributed by atoms with van der Waals surface area (Å²) in [7, 11) is 0. The van der Waals surface area contributed by atoms with E-state index < -0.39 is 41.3 Å². The highest BCUT2D eigenvalue weighted by molar-refractivity contribution is 5.96. The predicted molar refractivity (Wildman–Crippen MR) is 99.3 cm³/mol. The highest BCUT2D eigenvalue weighted by atomic mass is 19.4. The van der Waals surface area contributed by atoms with Gasteiger partial charge >= 0.3 is 12.4 Å². The Balaban J connectivity index is 1.66. The summed E-state index contributed by atoms with van der Waals surface area (Å²) in [6, 6.07) is 7.34. The number of nitrogens with zero attached hydrogens (tertiary/aromatic N) is 2. The molecule has 1 atom stereocenters. The summed E-state index contributed by atoms with van der Waals surface area (Å²) in [4.78, 5) is 28.2. The maximum Gasteiger partial charge on any atom is 0.416 e. The Labute approximate surface area is 174 Å². The first-order chi connectivity index (χ1) is 14.4. The molecule has 2 aromatic rings. The van der Waals surface area contributed by atoms with Crippen molar-refractivity contribution in [1.82, 2.24) is 9.80 Å². The standard InChI is InChI=1S/C21H18F6N2O2/c1-13-12-28(18(30)14-2-6-16(7-3-14)20(22,23)24)10-11-29(13)19(31)15-4-8-17(9-5-15)21(25,26)27/h2-9,13H,10-12H2,1H3/t13-/m0/s1. The molecule has 0 bridgehead atoms. The fraction of sp³-hybridized carbons (Fsp3) is 0.333. The molecule has 2 amide bonds. The second-order valence-corrected chi connectivity index (χ2v) is 7.25. The van der Waals surface area contributed by atoms with E-state index in [4.69, 9.17) is 0 Å². The first-order valence-corrected chi connectivity index (χ1v) is 9.32. The van der Waals surface area contributed by atoms with Crippen LogP contribution < -0.4 is 0 Å². The van der Waals surface area contributed by atoms with Crippen LogP contribution in [-0.4, -0.2) is 47.3 Å². The number of hydrogen-bond acceptors (Lipinski definition) is 2. The van der Waals surface area contributed by atoms with Gasteiger partial charge in [-0.2, -0.15) is 26.3 Å². The summed E-state index contributed by atoms with van der Waals surface area (Å²) >= 11 is 0. The maximum absolute atomic E-state index is 12.7. The Kier molecular flexibility index (Phi) is 6.02. The van der Waals surface area contributed by atoms with E-state index in [0.717, 1.165) is 48.5 Å². The van der Waals surface area contributed by atoms with Crippen LogP contribution in [0.1, 0.15) is 38.8 Å². The Morgan fingerprint density at radius 2 is 1.16 bits per heavy atom. The van der Waals surface area contributed by atoms with Crippen LogP contribution >= 0.6 is 0 Å². The number of rotatable bonds is 2. The van der Waals surface area contributed by atoms with Gasteiger partial charge in [0.15, 0.2) is 0 Å². The molecule has 0 spiro atoms. The van der Waals surface area contributed by atoms with Gasteiger partial charge in [0.25, 0.3) is 11.8 Å². The predicted octanol–water partition coefficient (Wildman–Crippen LogP) is 4.71. The van der Waals surface area contributed by atoms with Gasteiger partial charge in [-0.3, -0.25) is 9.59 Å². The van der Waals surface area contributed by atoms with Crippen LogP contribution in [0.2, 0.25) is 0 Å². The molecular weight excluding hydrogens is 426 g/mol. The SMILES string of the molecule is C[C@H]1CN(C(=O)c2ccc(C(F)(F)F)cc2)CCN1C(=O)c1ccc(C(F)(F)F)cc1. The molecule has 4 nitrogen and oxygen atoms in total. The topological polar surface area (TPSA) is 40.6 Å². The summed E-state index contributed by atoms with van der Waals surface area (Å²) in [6.45, 7) is 2.13. The third kappa shape index (κ3) is 5.00. The first kappa shape index (κ1) is 22.6. The van der Waals surface area contributed by atoms with E-state index in [2.05, 4.69) is 0 Å². The molecule has 1 aliphatic heterocycles. The first-order valence-electron chi connectivity index (χ1n) is 9.32. The lowest BCUT2D eigenvalue weighted by atomic mass is 10.1. The van der Waals surface area contributed by atoms with Crippen LogP contribution in [0.15, 0.2) is 48.5 Å². The third-order valence-corrected chi connectivity index (χ3v) is 5.09. The van der Waals surface area contributed by atoms with Crippen molar-refractivity contribution in [3.05, 3.63) is 70.8 Å². The van der Waals surface area contributed by atoms with Crippen molar-refractivity contribution in [2.24, 2.45) is 0 Å². The number of amides is 2. The summed E-state index contributed by atoms with van der Waals surface area (Å²) in [5.41, 5.74) is -1.52. The minimum Gasteiger partial charge on any atom is -0.335 e. The molecular formula is C21H18F6N2O2. The summed E-state index contributed by atoms with van der Waals surface area (Å²) in [5.74, 6) is -0.912. The lowest BCUT2D eigenvalue weighted by Gasteiger charge is -2.40. The molecule has 10 heteroatoms. The minimum absolute atomic E-state index is 0.0994. The molecule has 1 saturated heterocycles. The van der Waals surface area contributed by atoms with Gasteiger partial charge in [-0.15, -0.1) is 0 Å². The maximum atomic E-state index is 12.7. The zero-order chi connectivity index (χ0) is 23.0. The number of piperazine rings is 1. The van der Waals surface area contributed by atoms with E-state index in [1.165, 1.54) is 9.80 Å². The van der Waals surface area contributed by atoms with Gasteiger partial charge in [-0.1, -0.05) is 0 Å². The van der Waals surface area contributed by atoms with E-state index in [1.807, 2.05) is 0 Å². The van der Waals surface area contributed by atoms with Gasteiger partial charge < -0.3 is 9.80 Å². The van der Waals surface area contributed by atoms with Crippen molar-refractivity contribution >= 4 is 11.8 Å². The zero-order valence-corrected chi connectivity index (χ0v) is 16.3. The molecule has 31 heavy (non-hydrogen) atoms. The Morgan fingerprint density at radius 1 is 0.742 bits per heavy atom. The van der Waals surface area contributed by atoms with E-state index in [1.54, 1.807) is 6.92 Å². The second-order valence-electron chi connectivity index (χ2n) is 7.25. The van der Waals surface area contributed by atoms with Crippen LogP contribution in [0.25, 0.3) is 0 Å². The smallest absolute Gasteiger partial charge is 0.335 e. The number of benzene rings is 2. The van der Waals surface area contributed by atoms with Crippen LogP contribution in [0, 0.1) is 0 Å². The number of carbonyl (C=O) groups is 2. The molecule has 0 radical (unpaired) electrons. The molecule has 3 rings (SSSR count). The monoisotopic (exact) mass is 444 g/mol. The number of hydrogen-bond donors (Lipinski definition) is 0. The molecule has 1 fully saturated rings. The second kappa shape index (κ2) is 8.24. The number of carbonyl (C=O) groups excluding carboxylic acids is 2. The third-order valence-electron chi connectivity index (χ3n) is 5.09. The zero-order valence-electron chi connectivity index (χ0n) is 16.3. The quantitative estimate of drug-likeness (QED) is 0.630. The van der Waals surface area contributed by atoms with E-state index in [0.29, 0.717) is 0 Å². The van der Waals surface area contributed by atoms with E-state index >= 15 is 0 Å². The lowest BCUT2D eigenvalue weighted by molar-refractivity contribution is -0.138. The Hall–Kier alpha value is -3.04. The van der Waals surface area contributed by atoms with Crippen molar-refractivity contribution in [3.63, 3.8) is 0 Å². The van der Waals surface area contributed by atoms with Crippen molar-refractivity contribution < 1.29 is 35.9 Å². The van der Waals surface area contributed by atoms with Crippen molar-refractivity contribution in [2.75, 3.05) is 19.6 Å². The normalized spacial score (nSPS) is 17.6. The highest BCUT2D eigenvalue weighted by Gasteiger charge is 2.34. The average Bonchev–Trinajstić information content (AvgIpc) is 2.71. The van der Waals surface area contributed by atoms with Gasteiger partial charge in [0.05, 0.1) is 11.1 Å². The fourth-order valence-corrected chi connectivity index (χ4v) is 3.40. The summed E-state index contributed by atoms with van der Waals surface area (Å²) in [5, 5.41) is 0. The van der Waals surface area contributed by atoms with Crippen LogP contribution in [0.4, 0.5) is 26.3 Å².